The largest absolute Gasteiger partial charge is 0.282 e. The summed E-state index contributed by atoms with van der Waals surface area (Å²) >= 11 is 1.50. The van der Waals surface area contributed by atoms with Crippen LogP contribution in [0, 0.1) is 0 Å². The maximum Gasteiger partial charge on any atom is 0.250 e. The fraction of sp³-hybridized carbons (Fsp3) is 0.0952. The predicted molar refractivity (Wildman–Crippen MR) is 113 cm³/mol. The molecule has 2 aromatic carbocycles. The molecule has 29 heavy (non-hydrogen) atoms. The molecule has 7 nitrogen and oxygen atoms in total. The summed E-state index contributed by atoms with van der Waals surface area (Å²) in [4.78, 5) is 23.9. The van der Waals surface area contributed by atoms with Crippen molar-refractivity contribution in [2.45, 2.75) is 13.1 Å². The maximum absolute atomic E-state index is 13.3. The van der Waals surface area contributed by atoms with Crippen molar-refractivity contribution in [3.05, 3.63) is 78.6 Å². The summed E-state index contributed by atoms with van der Waals surface area (Å²) in [5.41, 5.74) is 3.40. The third-order valence-electron chi connectivity index (χ3n) is 4.58. The number of nitrogens with zero attached hydrogens (tertiary/aromatic N) is 6. The smallest absolute Gasteiger partial charge is 0.250 e. The molecule has 5 rings (SSSR count). The minimum atomic E-state index is -0.108. The molecule has 0 aliphatic rings. The molecule has 3 aromatic heterocycles. The molecule has 0 fully saturated rings. The van der Waals surface area contributed by atoms with E-state index in [1.807, 2.05) is 60.7 Å². The number of benzene rings is 2. The van der Waals surface area contributed by atoms with Crippen molar-refractivity contribution in [1.29, 1.82) is 0 Å². The Hall–Kier alpha value is -3.65. The topological polar surface area (TPSA) is 76.8 Å². The van der Waals surface area contributed by atoms with Crippen molar-refractivity contribution >= 4 is 43.6 Å². The Labute approximate surface area is 170 Å². The molecule has 0 radical (unpaired) electrons. The van der Waals surface area contributed by atoms with Gasteiger partial charge in [-0.25, -0.2) is 9.67 Å². The van der Waals surface area contributed by atoms with Crippen molar-refractivity contribution in [2.24, 2.45) is 0 Å². The molecular weight excluding hydrogens is 384 g/mol. The van der Waals surface area contributed by atoms with Crippen LogP contribution in [-0.2, 0) is 17.9 Å². The van der Waals surface area contributed by atoms with Gasteiger partial charge < -0.3 is 0 Å². The summed E-state index contributed by atoms with van der Waals surface area (Å²) in [7, 11) is 0. The Balaban J connectivity index is 1.51. The number of carbonyl (C=O) groups excluding carboxylic acids is 1. The van der Waals surface area contributed by atoms with Gasteiger partial charge in [0.1, 0.15) is 12.1 Å². The summed E-state index contributed by atoms with van der Waals surface area (Å²) in [5, 5.41) is 8.95. The third-order valence-corrected chi connectivity index (χ3v) is 5.64. The lowest BCUT2D eigenvalue weighted by Gasteiger charge is -2.20. The molecule has 142 valence electrons. The quantitative estimate of drug-likeness (QED) is 0.450. The van der Waals surface area contributed by atoms with E-state index < -0.39 is 0 Å². The zero-order valence-electron chi connectivity index (χ0n) is 15.3. The van der Waals surface area contributed by atoms with Crippen LogP contribution in [0.15, 0.2) is 73.1 Å². The van der Waals surface area contributed by atoms with Crippen LogP contribution in [0.5, 0.6) is 0 Å². The van der Waals surface area contributed by atoms with Gasteiger partial charge >= 0.3 is 0 Å². The van der Waals surface area contributed by atoms with E-state index >= 15 is 0 Å². The lowest BCUT2D eigenvalue weighted by molar-refractivity contribution is -0.119. The SMILES string of the molecule is O=C(Cn1nnc2ccccc21)N(Cc1cccnc1)c1nc2ccccc2s1. The zero-order valence-corrected chi connectivity index (χ0v) is 16.2. The van der Waals surface area contributed by atoms with E-state index in [1.54, 1.807) is 22.0 Å². The highest BCUT2D eigenvalue weighted by Crippen LogP contribution is 2.30. The fourth-order valence-electron chi connectivity index (χ4n) is 3.16. The van der Waals surface area contributed by atoms with Gasteiger partial charge in [-0.1, -0.05) is 46.9 Å². The predicted octanol–water partition coefficient (Wildman–Crippen LogP) is 3.67. The number of rotatable bonds is 5. The van der Waals surface area contributed by atoms with Crippen LogP contribution >= 0.6 is 11.3 Å². The first-order chi connectivity index (χ1) is 14.3. The molecule has 0 saturated carbocycles. The molecule has 0 atom stereocenters. The van der Waals surface area contributed by atoms with Crippen LogP contribution in [-0.4, -0.2) is 30.9 Å². The van der Waals surface area contributed by atoms with Gasteiger partial charge in [0, 0.05) is 12.4 Å². The van der Waals surface area contributed by atoms with E-state index in [2.05, 4.69) is 20.3 Å². The number of carbonyl (C=O) groups is 1. The second kappa shape index (κ2) is 7.40. The highest BCUT2D eigenvalue weighted by atomic mass is 32.1. The van der Waals surface area contributed by atoms with Crippen LogP contribution in [0.2, 0.25) is 0 Å². The first kappa shape index (κ1) is 17.4. The minimum Gasteiger partial charge on any atom is -0.282 e. The summed E-state index contributed by atoms with van der Waals surface area (Å²) in [6, 6.07) is 19.3. The maximum atomic E-state index is 13.3. The van der Waals surface area contributed by atoms with Crippen LogP contribution in [0.25, 0.3) is 21.3 Å². The molecule has 0 bridgehead atoms. The number of aromatic nitrogens is 5. The Morgan fingerprint density at radius 3 is 2.66 bits per heavy atom. The van der Waals surface area contributed by atoms with E-state index in [4.69, 9.17) is 0 Å². The van der Waals surface area contributed by atoms with Crippen LogP contribution < -0.4 is 4.90 Å². The highest BCUT2D eigenvalue weighted by Gasteiger charge is 2.22. The molecule has 1 amide bonds. The molecule has 0 unspecified atom stereocenters. The second-order valence-electron chi connectivity index (χ2n) is 6.54. The van der Waals surface area contributed by atoms with Gasteiger partial charge in [0.2, 0.25) is 0 Å². The van der Waals surface area contributed by atoms with Gasteiger partial charge in [-0.3, -0.25) is 14.7 Å². The second-order valence-corrected chi connectivity index (χ2v) is 7.55. The first-order valence-electron chi connectivity index (χ1n) is 9.11. The lowest BCUT2D eigenvalue weighted by Crippen LogP contribution is -2.33. The monoisotopic (exact) mass is 400 g/mol. The Morgan fingerprint density at radius 1 is 1.00 bits per heavy atom. The van der Waals surface area contributed by atoms with Gasteiger partial charge in [0.15, 0.2) is 5.13 Å². The molecular formula is C21H16N6OS. The van der Waals surface area contributed by atoms with E-state index in [-0.39, 0.29) is 12.5 Å². The molecule has 0 N–H and O–H groups in total. The number of pyridine rings is 1. The molecule has 8 heteroatoms. The van der Waals surface area contributed by atoms with Crippen molar-refractivity contribution in [2.75, 3.05) is 4.90 Å². The fourth-order valence-corrected chi connectivity index (χ4v) is 4.14. The minimum absolute atomic E-state index is 0.0801. The first-order valence-corrected chi connectivity index (χ1v) is 9.93. The van der Waals surface area contributed by atoms with Crippen LogP contribution in [0.3, 0.4) is 0 Å². The molecule has 0 aliphatic carbocycles. The van der Waals surface area contributed by atoms with Gasteiger partial charge in [-0.15, -0.1) is 5.10 Å². The van der Waals surface area contributed by atoms with Crippen LogP contribution in [0.1, 0.15) is 5.56 Å². The zero-order chi connectivity index (χ0) is 19.6. The van der Waals surface area contributed by atoms with Crippen molar-refractivity contribution in [3.63, 3.8) is 0 Å². The summed E-state index contributed by atoms with van der Waals surface area (Å²) in [6.07, 6.45) is 3.48. The number of thiazole rings is 1. The standard InChI is InChI=1S/C21H16N6OS/c28-20(14-27-18-9-3-1-7-16(18)24-25-27)26(13-15-6-5-11-22-12-15)21-23-17-8-2-4-10-19(17)29-21/h1-12H,13-14H2. The molecule has 0 aliphatic heterocycles. The summed E-state index contributed by atoms with van der Waals surface area (Å²) in [6.45, 7) is 0.468. The number of para-hydroxylation sites is 2. The molecule has 0 spiro atoms. The number of hydrogen-bond acceptors (Lipinski definition) is 6. The average Bonchev–Trinajstić information content (AvgIpc) is 3.37. The van der Waals surface area contributed by atoms with Crippen LogP contribution in [0.4, 0.5) is 5.13 Å². The Kier molecular flexibility index (Phi) is 4.45. The van der Waals surface area contributed by atoms with E-state index in [0.29, 0.717) is 11.7 Å². The summed E-state index contributed by atoms with van der Waals surface area (Å²) in [5.74, 6) is -0.108. The van der Waals surface area contributed by atoms with E-state index in [9.17, 15) is 4.79 Å². The Bertz CT molecular complexity index is 1260. The molecule has 5 aromatic rings. The van der Waals surface area contributed by atoms with Gasteiger partial charge in [0.25, 0.3) is 5.91 Å². The Morgan fingerprint density at radius 2 is 1.83 bits per heavy atom. The van der Waals surface area contributed by atoms with Gasteiger partial charge in [-0.2, -0.15) is 0 Å². The molecule has 3 heterocycles. The molecule has 0 saturated heterocycles. The number of hydrogen-bond donors (Lipinski definition) is 0. The third kappa shape index (κ3) is 3.45. The summed E-state index contributed by atoms with van der Waals surface area (Å²) < 4.78 is 2.67. The van der Waals surface area contributed by atoms with Crippen molar-refractivity contribution in [1.82, 2.24) is 25.0 Å². The van der Waals surface area contributed by atoms with Gasteiger partial charge in [0.05, 0.1) is 22.3 Å². The number of anilines is 1. The normalized spacial score (nSPS) is 11.2. The lowest BCUT2D eigenvalue weighted by atomic mass is 10.2. The number of amides is 1. The number of fused-ring (bicyclic) bond motifs is 2. The highest BCUT2D eigenvalue weighted by molar-refractivity contribution is 7.22. The van der Waals surface area contributed by atoms with Crippen molar-refractivity contribution < 1.29 is 4.79 Å². The van der Waals surface area contributed by atoms with E-state index in [1.165, 1.54) is 11.3 Å². The van der Waals surface area contributed by atoms with E-state index in [0.717, 1.165) is 26.8 Å². The van der Waals surface area contributed by atoms with Gasteiger partial charge in [-0.05, 0) is 35.9 Å². The average molecular weight is 400 g/mol. The van der Waals surface area contributed by atoms with Crippen molar-refractivity contribution in [3.8, 4) is 0 Å².